The van der Waals surface area contributed by atoms with Gasteiger partial charge in [0.25, 0.3) is 0 Å². The van der Waals surface area contributed by atoms with Crippen LogP contribution in [0.25, 0.3) is 0 Å². The number of phenolic OH excluding ortho intramolecular Hbond substituents is 1. The number of hydrogen-bond acceptors (Lipinski definition) is 4. The molecule has 3 rings (SSSR count). The molecule has 2 aromatic rings. The smallest absolute Gasteiger partial charge is 0.120 e. The lowest BCUT2D eigenvalue weighted by atomic mass is 9.85. The summed E-state index contributed by atoms with van der Waals surface area (Å²) in [7, 11) is 0. The summed E-state index contributed by atoms with van der Waals surface area (Å²) in [5, 5.41) is 19.9. The van der Waals surface area contributed by atoms with Gasteiger partial charge in [0.05, 0.1) is 25.2 Å². The summed E-state index contributed by atoms with van der Waals surface area (Å²) in [6.45, 7) is 4.81. The minimum absolute atomic E-state index is 0.117. The third-order valence-electron chi connectivity index (χ3n) is 4.89. The van der Waals surface area contributed by atoms with E-state index in [1.54, 1.807) is 6.07 Å². The molecule has 0 bridgehead atoms. The van der Waals surface area contributed by atoms with Gasteiger partial charge in [-0.05, 0) is 18.6 Å². The molecule has 0 saturated carbocycles. The Kier molecular flexibility index (Phi) is 5.19. The van der Waals surface area contributed by atoms with Gasteiger partial charge in [0, 0.05) is 24.7 Å². The van der Waals surface area contributed by atoms with Crippen molar-refractivity contribution in [3.05, 3.63) is 65.7 Å². The molecule has 24 heavy (non-hydrogen) atoms. The molecule has 0 spiro atoms. The Morgan fingerprint density at radius 3 is 2.33 bits per heavy atom. The van der Waals surface area contributed by atoms with Crippen molar-refractivity contribution in [3.63, 3.8) is 0 Å². The number of nitrogens with zero attached hydrogens (tertiary/aromatic N) is 1. The SMILES string of the molecule is CC(c1ccccc1)N(Cc1ccccc1O)CC1(CO)COC1. The highest BCUT2D eigenvalue weighted by molar-refractivity contribution is 5.32. The molecule has 0 aromatic heterocycles. The second kappa shape index (κ2) is 7.34. The largest absolute Gasteiger partial charge is 0.508 e. The van der Waals surface area contributed by atoms with Gasteiger partial charge in [0.2, 0.25) is 0 Å². The second-order valence-corrected chi connectivity index (χ2v) is 6.77. The topological polar surface area (TPSA) is 52.9 Å². The minimum atomic E-state index is -0.201. The molecule has 1 aliphatic rings. The lowest BCUT2D eigenvalue weighted by Crippen LogP contribution is -2.53. The predicted octanol–water partition coefficient (Wildman–Crippen LogP) is 2.96. The first-order valence-corrected chi connectivity index (χ1v) is 8.38. The van der Waals surface area contributed by atoms with Gasteiger partial charge in [-0.15, -0.1) is 0 Å². The van der Waals surface area contributed by atoms with E-state index >= 15 is 0 Å². The van der Waals surface area contributed by atoms with Gasteiger partial charge in [-0.25, -0.2) is 0 Å². The Morgan fingerprint density at radius 2 is 1.75 bits per heavy atom. The Hall–Kier alpha value is -1.88. The standard InChI is InChI=1S/C20H25NO3/c1-16(17-7-3-2-4-8-17)21(12-20(13-22)14-24-15-20)11-18-9-5-6-10-19(18)23/h2-10,16,22-23H,11-15H2,1H3. The molecule has 1 aliphatic heterocycles. The first kappa shape index (κ1) is 17.0. The lowest BCUT2D eigenvalue weighted by Gasteiger charge is -2.45. The molecule has 1 saturated heterocycles. The van der Waals surface area contributed by atoms with E-state index in [4.69, 9.17) is 4.74 Å². The van der Waals surface area contributed by atoms with E-state index in [0.717, 1.165) is 12.1 Å². The zero-order valence-electron chi connectivity index (χ0n) is 14.1. The molecule has 1 heterocycles. The van der Waals surface area contributed by atoms with Gasteiger partial charge in [0.15, 0.2) is 0 Å². The molecule has 0 radical (unpaired) electrons. The summed E-state index contributed by atoms with van der Waals surface area (Å²) in [6, 6.07) is 17.9. The molecular weight excluding hydrogens is 302 g/mol. The van der Waals surface area contributed by atoms with Crippen LogP contribution >= 0.6 is 0 Å². The van der Waals surface area contributed by atoms with Crippen molar-refractivity contribution in [1.82, 2.24) is 4.90 Å². The Bertz CT molecular complexity index is 649. The van der Waals surface area contributed by atoms with E-state index in [2.05, 4.69) is 24.0 Å². The van der Waals surface area contributed by atoms with Crippen molar-refractivity contribution in [2.75, 3.05) is 26.4 Å². The van der Waals surface area contributed by atoms with Crippen LogP contribution in [0.3, 0.4) is 0 Å². The van der Waals surface area contributed by atoms with Crippen LogP contribution in [-0.4, -0.2) is 41.5 Å². The van der Waals surface area contributed by atoms with Crippen molar-refractivity contribution in [2.24, 2.45) is 5.41 Å². The molecule has 128 valence electrons. The lowest BCUT2D eigenvalue weighted by molar-refractivity contribution is -0.152. The van der Waals surface area contributed by atoms with Crippen molar-refractivity contribution in [2.45, 2.75) is 19.5 Å². The zero-order chi connectivity index (χ0) is 17.0. The normalized spacial score (nSPS) is 17.5. The number of aromatic hydroxyl groups is 1. The van der Waals surface area contributed by atoms with Crippen molar-refractivity contribution >= 4 is 0 Å². The maximum absolute atomic E-state index is 10.1. The Morgan fingerprint density at radius 1 is 1.08 bits per heavy atom. The summed E-state index contributed by atoms with van der Waals surface area (Å²) in [4.78, 5) is 2.31. The van der Waals surface area contributed by atoms with E-state index in [0.29, 0.717) is 25.5 Å². The highest BCUT2D eigenvalue weighted by Gasteiger charge is 2.40. The quantitative estimate of drug-likeness (QED) is 0.821. The maximum atomic E-state index is 10.1. The zero-order valence-corrected chi connectivity index (χ0v) is 14.1. The average molecular weight is 327 g/mol. The fraction of sp³-hybridized carbons (Fsp3) is 0.400. The number of ether oxygens (including phenoxy) is 1. The van der Waals surface area contributed by atoms with Gasteiger partial charge >= 0.3 is 0 Å². The summed E-state index contributed by atoms with van der Waals surface area (Å²) < 4.78 is 5.35. The first-order valence-electron chi connectivity index (χ1n) is 8.38. The molecule has 2 aromatic carbocycles. The predicted molar refractivity (Wildman–Crippen MR) is 93.7 cm³/mol. The molecule has 1 atom stereocenters. The molecule has 0 aliphatic carbocycles. The molecule has 4 nitrogen and oxygen atoms in total. The summed E-state index contributed by atoms with van der Waals surface area (Å²) >= 11 is 0. The van der Waals surface area contributed by atoms with Gasteiger partial charge in [-0.2, -0.15) is 0 Å². The Labute approximate surface area is 143 Å². The van der Waals surface area contributed by atoms with E-state index in [1.807, 2.05) is 36.4 Å². The number of aliphatic hydroxyl groups is 1. The minimum Gasteiger partial charge on any atom is -0.508 e. The van der Waals surface area contributed by atoms with Gasteiger partial charge in [0.1, 0.15) is 5.75 Å². The molecule has 1 unspecified atom stereocenters. The molecule has 1 fully saturated rings. The van der Waals surface area contributed by atoms with E-state index < -0.39 is 0 Å². The van der Waals surface area contributed by atoms with E-state index in [-0.39, 0.29) is 18.1 Å². The molecular formula is C20H25NO3. The Balaban J connectivity index is 1.84. The van der Waals surface area contributed by atoms with E-state index in [1.165, 1.54) is 5.56 Å². The van der Waals surface area contributed by atoms with Crippen molar-refractivity contribution in [3.8, 4) is 5.75 Å². The van der Waals surface area contributed by atoms with Gasteiger partial charge in [-0.1, -0.05) is 48.5 Å². The highest BCUT2D eigenvalue weighted by Crippen LogP contribution is 2.33. The first-order chi connectivity index (χ1) is 11.6. The van der Waals surface area contributed by atoms with E-state index in [9.17, 15) is 10.2 Å². The molecule has 0 amide bonds. The highest BCUT2D eigenvalue weighted by atomic mass is 16.5. The maximum Gasteiger partial charge on any atom is 0.120 e. The van der Waals surface area contributed by atoms with Crippen LogP contribution in [0.2, 0.25) is 0 Å². The van der Waals surface area contributed by atoms with Gasteiger partial charge < -0.3 is 14.9 Å². The number of benzene rings is 2. The van der Waals surface area contributed by atoms with Crippen LogP contribution < -0.4 is 0 Å². The van der Waals surface area contributed by atoms with Crippen LogP contribution in [-0.2, 0) is 11.3 Å². The van der Waals surface area contributed by atoms with Crippen molar-refractivity contribution < 1.29 is 14.9 Å². The van der Waals surface area contributed by atoms with Crippen LogP contribution in [0.15, 0.2) is 54.6 Å². The van der Waals surface area contributed by atoms with Crippen molar-refractivity contribution in [1.29, 1.82) is 0 Å². The summed E-state index contributed by atoms with van der Waals surface area (Å²) in [5.74, 6) is 0.311. The van der Waals surface area contributed by atoms with Crippen LogP contribution in [0, 0.1) is 5.41 Å². The summed E-state index contributed by atoms with van der Waals surface area (Å²) in [6.07, 6.45) is 0. The fourth-order valence-electron chi connectivity index (χ4n) is 3.19. The second-order valence-electron chi connectivity index (χ2n) is 6.77. The third kappa shape index (κ3) is 3.61. The fourth-order valence-corrected chi connectivity index (χ4v) is 3.19. The number of rotatable bonds is 7. The monoisotopic (exact) mass is 327 g/mol. The number of phenols is 1. The number of hydrogen-bond donors (Lipinski definition) is 2. The van der Waals surface area contributed by atoms with Crippen LogP contribution in [0.1, 0.15) is 24.1 Å². The average Bonchev–Trinajstić information content (AvgIpc) is 2.59. The number of aliphatic hydroxyl groups excluding tert-OH is 1. The molecule has 4 heteroatoms. The van der Waals surface area contributed by atoms with Gasteiger partial charge in [-0.3, -0.25) is 4.90 Å². The van der Waals surface area contributed by atoms with Crippen LogP contribution in [0.5, 0.6) is 5.75 Å². The third-order valence-corrected chi connectivity index (χ3v) is 4.89. The molecule has 2 N–H and O–H groups in total. The van der Waals surface area contributed by atoms with Crippen LogP contribution in [0.4, 0.5) is 0 Å². The summed E-state index contributed by atoms with van der Waals surface area (Å²) in [5.41, 5.74) is 1.92. The number of para-hydroxylation sites is 1.